The first kappa shape index (κ1) is 16.6. The van der Waals surface area contributed by atoms with E-state index in [1.54, 1.807) is 0 Å². The first-order valence-electron chi connectivity index (χ1n) is 8.66. The third-order valence-corrected chi connectivity index (χ3v) is 4.74. The summed E-state index contributed by atoms with van der Waals surface area (Å²) < 4.78 is 0. The molecular formula is C16H33N5. The minimum absolute atomic E-state index is 0.495. The fourth-order valence-electron chi connectivity index (χ4n) is 3.33. The zero-order chi connectivity index (χ0) is 15.1. The Hall–Kier alpha value is -0.810. The van der Waals surface area contributed by atoms with Gasteiger partial charge in [0.25, 0.3) is 0 Å². The second kappa shape index (κ2) is 8.59. The van der Waals surface area contributed by atoms with Crippen molar-refractivity contribution in [3.63, 3.8) is 0 Å². The Morgan fingerprint density at radius 2 is 2.00 bits per heavy atom. The minimum atomic E-state index is 0.495. The summed E-state index contributed by atoms with van der Waals surface area (Å²) in [5.74, 6) is 0.955. The van der Waals surface area contributed by atoms with E-state index < -0.39 is 0 Å². The molecule has 0 aromatic carbocycles. The van der Waals surface area contributed by atoms with Crippen molar-refractivity contribution in [2.45, 2.75) is 51.6 Å². The molecule has 0 radical (unpaired) electrons. The lowest BCUT2D eigenvalue weighted by Gasteiger charge is -2.47. The molecule has 3 heterocycles. The molecule has 2 atom stereocenters. The normalized spacial score (nSPS) is 30.2. The van der Waals surface area contributed by atoms with Crippen LogP contribution in [0.15, 0.2) is 4.99 Å². The number of aliphatic imine (C=N–C) groups is 1. The van der Waals surface area contributed by atoms with Crippen LogP contribution in [0.3, 0.4) is 0 Å². The highest BCUT2D eigenvalue weighted by Crippen LogP contribution is 2.14. The van der Waals surface area contributed by atoms with Crippen LogP contribution < -0.4 is 10.6 Å². The molecule has 3 aliphatic heterocycles. The molecule has 0 saturated carbocycles. The standard InChI is InChI=1S/C16H33N5/c1-4-5-6-7-14(2)19-16(17-3)18-12-15-13-20-8-10-21(15)11-9-20/h14-15H,4-13H2,1-3H3,(H2,17,18,19). The summed E-state index contributed by atoms with van der Waals surface area (Å²) in [4.78, 5) is 9.56. The maximum Gasteiger partial charge on any atom is 0.191 e. The number of hydrogen-bond donors (Lipinski definition) is 2. The predicted octanol–water partition coefficient (Wildman–Crippen LogP) is 1.12. The number of unbranched alkanes of at least 4 members (excludes halogenated alkanes) is 2. The average molecular weight is 295 g/mol. The van der Waals surface area contributed by atoms with E-state index in [0.717, 1.165) is 12.5 Å². The number of fused-ring (bicyclic) bond motifs is 3. The third kappa shape index (κ3) is 5.15. The van der Waals surface area contributed by atoms with Crippen LogP contribution in [-0.4, -0.2) is 74.2 Å². The SMILES string of the molecule is CCCCCC(C)NC(=NC)NCC1CN2CCN1CC2. The van der Waals surface area contributed by atoms with E-state index in [1.807, 2.05) is 7.05 Å². The van der Waals surface area contributed by atoms with Crippen molar-refractivity contribution in [3.8, 4) is 0 Å². The van der Waals surface area contributed by atoms with E-state index in [0.29, 0.717) is 12.1 Å². The highest BCUT2D eigenvalue weighted by molar-refractivity contribution is 5.79. The molecule has 0 aromatic rings. The fourth-order valence-corrected chi connectivity index (χ4v) is 3.33. The first-order chi connectivity index (χ1) is 10.2. The second-order valence-electron chi connectivity index (χ2n) is 6.48. The number of rotatable bonds is 7. The fraction of sp³-hybridized carbons (Fsp3) is 0.938. The number of nitrogens with one attached hydrogen (secondary N) is 2. The Morgan fingerprint density at radius 3 is 2.57 bits per heavy atom. The monoisotopic (exact) mass is 295 g/mol. The lowest BCUT2D eigenvalue weighted by atomic mass is 10.1. The van der Waals surface area contributed by atoms with Crippen molar-refractivity contribution < 1.29 is 0 Å². The molecule has 2 unspecified atom stereocenters. The molecular weight excluding hydrogens is 262 g/mol. The van der Waals surface area contributed by atoms with Crippen LogP contribution in [0.2, 0.25) is 0 Å². The van der Waals surface area contributed by atoms with Crippen LogP contribution in [0.5, 0.6) is 0 Å². The zero-order valence-electron chi connectivity index (χ0n) is 14.1. The maximum atomic E-state index is 4.37. The summed E-state index contributed by atoms with van der Waals surface area (Å²) >= 11 is 0. The molecule has 5 heteroatoms. The van der Waals surface area contributed by atoms with Gasteiger partial charge in [0, 0.05) is 58.4 Å². The average Bonchev–Trinajstić information content (AvgIpc) is 2.53. The van der Waals surface area contributed by atoms with Gasteiger partial charge in [0.15, 0.2) is 5.96 Å². The number of hydrogen-bond acceptors (Lipinski definition) is 3. The molecule has 2 bridgehead atoms. The molecule has 3 saturated heterocycles. The predicted molar refractivity (Wildman–Crippen MR) is 89.9 cm³/mol. The van der Waals surface area contributed by atoms with Gasteiger partial charge in [-0.2, -0.15) is 0 Å². The van der Waals surface area contributed by atoms with Gasteiger partial charge in [0.2, 0.25) is 0 Å². The molecule has 2 N–H and O–H groups in total. The van der Waals surface area contributed by atoms with Gasteiger partial charge >= 0.3 is 0 Å². The van der Waals surface area contributed by atoms with E-state index >= 15 is 0 Å². The van der Waals surface area contributed by atoms with Gasteiger partial charge in [0.1, 0.15) is 0 Å². The molecule has 0 aromatic heterocycles. The van der Waals surface area contributed by atoms with Gasteiger partial charge in [0.05, 0.1) is 0 Å². The molecule has 0 spiro atoms. The van der Waals surface area contributed by atoms with Crippen LogP contribution in [0.25, 0.3) is 0 Å². The van der Waals surface area contributed by atoms with Crippen LogP contribution in [-0.2, 0) is 0 Å². The van der Waals surface area contributed by atoms with Crippen LogP contribution >= 0.6 is 0 Å². The van der Waals surface area contributed by atoms with Gasteiger partial charge in [-0.1, -0.05) is 26.2 Å². The Balaban J connectivity index is 1.68. The highest BCUT2D eigenvalue weighted by Gasteiger charge is 2.31. The molecule has 21 heavy (non-hydrogen) atoms. The minimum Gasteiger partial charge on any atom is -0.355 e. The first-order valence-corrected chi connectivity index (χ1v) is 8.66. The third-order valence-electron chi connectivity index (χ3n) is 4.74. The molecule has 5 nitrogen and oxygen atoms in total. The van der Waals surface area contributed by atoms with E-state index in [9.17, 15) is 0 Å². The van der Waals surface area contributed by atoms with Gasteiger partial charge in [-0.15, -0.1) is 0 Å². The second-order valence-corrected chi connectivity index (χ2v) is 6.48. The van der Waals surface area contributed by atoms with Crippen LogP contribution in [0.4, 0.5) is 0 Å². The van der Waals surface area contributed by atoms with Gasteiger partial charge < -0.3 is 10.6 Å². The van der Waals surface area contributed by atoms with Gasteiger partial charge in [-0.05, 0) is 13.3 Å². The number of nitrogens with zero attached hydrogens (tertiary/aromatic N) is 3. The zero-order valence-corrected chi connectivity index (χ0v) is 14.1. The molecule has 122 valence electrons. The van der Waals surface area contributed by atoms with Crippen molar-refractivity contribution in [2.24, 2.45) is 4.99 Å². The van der Waals surface area contributed by atoms with Crippen molar-refractivity contribution in [2.75, 3.05) is 46.3 Å². The smallest absolute Gasteiger partial charge is 0.191 e. The number of guanidine groups is 1. The Morgan fingerprint density at radius 1 is 1.24 bits per heavy atom. The van der Waals surface area contributed by atoms with Crippen molar-refractivity contribution in [3.05, 3.63) is 0 Å². The van der Waals surface area contributed by atoms with Gasteiger partial charge in [-0.3, -0.25) is 14.8 Å². The molecule has 3 aliphatic rings. The molecule has 3 fully saturated rings. The lowest BCUT2D eigenvalue weighted by Crippen LogP contribution is -2.64. The summed E-state index contributed by atoms with van der Waals surface area (Å²) in [6.07, 6.45) is 5.13. The molecule has 0 amide bonds. The molecule has 3 rings (SSSR count). The van der Waals surface area contributed by atoms with E-state index in [2.05, 4.69) is 39.3 Å². The van der Waals surface area contributed by atoms with Crippen molar-refractivity contribution >= 4 is 5.96 Å². The van der Waals surface area contributed by atoms with Crippen molar-refractivity contribution in [1.82, 2.24) is 20.4 Å². The summed E-state index contributed by atoms with van der Waals surface area (Å²) in [6, 6.07) is 1.14. The maximum absolute atomic E-state index is 4.37. The van der Waals surface area contributed by atoms with Crippen LogP contribution in [0.1, 0.15) is 39.5 Å². The Labute approximate surface area is 130 Å². The van der Waals surface area contributed by atoms with E-state index in [1.165, 1.54) is 58.4 Å². The largest absolute Gasteiger partial charge is 0.355 e. The van der Waals surface area contributed by atoms with E-state index in [4.69, 9.17) is 0 Å². The highest BCUT2D eigenvalue weighted by atomic mass is 15.4. The summed E-state index contributed by atoms with van der Waals surface area (Å²) in [6.45, 7) is 11.7. The quantitative estimate of drug-likeness (QED) is 0.420. The lowest BCUT2D eigenvalue weighted by molar-refractivity contribution is 0.0154. The Bertz CT molecular complexity index is 323. The Kier molecular flexibility index (Phi) is 6.77. The molecule has 0 aliphatic carbocycles. The van der Waals surface area contributed by atoms with E-state index in [-0.39, 0.29) is 0 Å². The summed E-state index contributed by atoms with van der Waals surface area (Å²) in [5.41, 5.74) is 0. The van der Waals surface area contributed by atoms with Gasteiger partial charge in [-0.25, -0.2) is 0 Å². The topological polar surface area (TPSA) is 42.9 Å². The van der Waals surface area contributed by atoms with Crippen LogP contribution in [0, 0.1) is 0 Å². The van der Waals surface area contributed by atoms with Crippen molar-refractivity contribution in [1.29, 1.82) is 0 Å². The summed E-state index contributed by atoms with van der Waals surface area (Å²) in [7, 11) is 1.87. The number of piperazine rings is 3. The summed E-state index contributed by atoms with van der Waals surface area (Å²) in [5, 5.41) is 7.03.